The zero-order chi connectivity index (χ0) is 14.8. The van der Waals surface area contributed by atoms with Crippen LogP contribution in [0.25, 0.3) is 0 Å². The van der Waals surface area contributed by atoms with Crippen molar-refractivity contribution in [3.8, 4) is 0 Å². The number of hydrogen-bond donors (Lipinski definition) is 3. The van der Waals surface area contributed by atoms with Gasteiger partial charge in [0.2, 0.25) is 5.91 Å². The largest absolute Gasteiger partial charge is 0.481 e. The van der Waals surface area contributed by atoms with E-state index < -0.39 is 11.9 Å². The molecule has 1 amide bonds. The monoisotopic (exact) mass is 286 g/mol. The van der Waals surface area contributed by atoms with Crippen LogP contribution in [0.1, 0.15) is 24.3 Å². The van der Waals surface area contributed by atoms with Crippen LogP contribution in [0.4, 0.5) is 5.69 Å². The molecule has 1 aromatic carbocycles. The topological polar surface area (TPSA) is 78.4 Å². The fraction of sp³-hybridized carbons (Fsp3) is 0.375. The fourth-order valence-corrected chi connectivity index (χ4v) is 3.02. The Labute approximate surface area is 123 Å². The van der Waals surface area contributed by atoms with Crippen LogP contribution in [0.3, 0.4) is 0 Å². The Balaban J connectivity index is 1.54. The Morgan fingerprint density at radius 2 is 2.10 bits per heavy atom. The second-order valence-electron chi connectivity index (χ2n) is 5.61. The Morgan fingerprint density at radius 1 is 1.29 bits per heavy atom. The van der Waals surface area contributed by atoms with E-state index in [1.165, 1.54) is 5.56 Å². The number of hydrogen-bond acceptors (Lipinski definition) is 3. The highest BCUT2D eigenvalue weighted by molar-refractivity contribution is 5.79. The Bertz CT molecular complexity index is 597. The maximum Gasteiger partial charge on any atom is 0.310 e. The van der Waals surface area contributed by atoms with E-state index in [0.717, 1.165) is 12.2 Å². The number of fused-ring (bicyclic) bond motifs is 1. The molecule has 0 radical (unpaired) electrons. The van der Waals surface area contributed by atoms with Crippen molar-refractivity contribution in [1.82, 2.24) is 5.32 Å². The molecule has 110 valence electrons. The smallest absolute Gasteiger partial charge is 0.310 e. The Hall–Kier alpha value is -2.30. The molecule has 1 heterocycles. The number of nitrogens with one attached hydrogen (secondary N) is 2. The van der Waals surface area contributed by atoms with Crippen LogP contribution in [-0.2, 0) is 9.59 Å². The first kappa shape index (κ1) is 13.7. The van der Waals surface area contributed by atoms with Gasteiger partial charge in [0.1, 0.15) is 0 Å². The molecule has 0 fully saturated rings. The molecule has 5 heteroatoms. The molecule has 21 heavy (non-hydrogen) atoms. The van der Waals surface area contributed by atoms with E-state index in [4.69, 9.17) is 5.11 Å². The van der Waals surface area contributed by atoms with Gasteiger partial charge in [-0.3, -0.25) is 9.59 Å². The summed E-state index contributed by atoms with van der Waals surface area (Å²) in [6, 6.07) is 7.86. The summed E-state index contributed by atoms with van der Waals surface area (Å²) in [6.45, 7) is 0.769. The van der Waals surface area contributed by atoms with E-state index in [1.807, 2.05) is 24.3 Å². The van der Waals surface area contributed by atoms with Gasteiger partial charge in [0.15, 0.2) is 0 Å². The van der Waals surface area contributed by atoms with E-state index in [1.54, 1.807) is 12.2 Å². The molecule has 3 rings (SSSR count). The molecule has 5 nitrogen and oxygen atoms in total. The van der Waals surface area contributed by atoms with Crippen LogP contribution < -0.4 is 10.6 Å². The summed E-state index contributed by atoms with van der Waals surface area (Å²) in [5, 5.41) is 15.1. The van der Waals surface area contributed by atoms with Crippen LogP contribution in [0.2, 0.25) is 0 Å². The van der Waals surface area contributed by atoms with Gasteiger partial charge in [-0.15, -0.1) is 0 Å². The highest BCUT2D eigenvalue weighted by atomic mass is 16.4. The summed E-state index contributed by atoms with van der Waals surface area (Å²) in [4.78, 5) is 23.0. The molecule has 0 bridgehead atoms. The first-order chi connectivity index (χ1) is 10.1. The summed E-state index contributed by atoms with van der Waals surface area (Å²) in [6.07, 6.45) is 4.30. The molecular formula is C16H18N2O3. The molecule has 0 saturated carbocycles. The second-order valence-corrected chi connectivity index (χ2v) is 5.61. The Kier molecular flexibility index (Phi) is 3.64. The van der Waals surface area contributed by atoms with Gasteiger partial charge >= 0.3 is 5.97 Å². The molecule has 0 spiro atoms. The van der Waals surface area contributed by atoms with Crippen molar-refractivity contribution in [3.05, 3.63) is 42.0 Å². The van der Waals surface area contributed by atoms with Gasteiger partial charge < -0.3 is 15.7 Å². The minimum atomic E-state index is -0.836. The summed E-state index contributed by atoms with van der Waals surface area (Å²) in [5.74, 6) is -1.16. The summed E-state index contributed by atoms with van der Waals surface area (Å²) in [7, 11) is 0. The third kappa shape index (κ3) is 2.91. The molecule has 0 aromatic heterocycles. The van der Waals surface area contributed by atoms with E-state index in [2.05, 4.69) is 10.6 Å². The van der Waals surface area contributed by atoms with Crippen LogP contribution >= 0.6 is 0 Å². The predicted molar refractivity (Wildman–Crippen MR) is 79.1 cm³/mol. The van der Waals surface area contributed by atoms with Crippen LogP contribution in [0, 0.1) is 5.92 Å². The third-order valence-electron chi connectivity index (χ3n) is 4.12. The number of benzene rings is 1. The molecule has 0 saturated heterocycles. The molecule has 1 aliphatic heterocycles. The summed E-state index contributed by atoms with van der Waals surface area (Å²) < 4.78 is 0. The SMILES string of the molecule is O=C(CC1CNc2ccccc21)NC1C=CC(C(=O)O)C1. The van der Waals surface area contributed by atoms with Crippen molar-refractivity contribution in [2.24, 2.45) is 5.92 Å². The minimum absolute atomic E-state index is 0.0285. The van der Waals surface area contributed by atoms with Gasteiger partial charge in [-0.05, 0) is 18.1 Å². The number of rotatable bonds is 4. The van der Waals surface area contributed by atoms with Gasteiger partial charge in [-0.1, -0.05) is 30.4 Å². The van der Waals surface area contributed by atoms with E-state index in [0.29, 0.717) is 12.8 Å². The van der Waals surface area contributed by atoms with Gasteiger partial charge in [-0.25, -0.2) is 0 Å². The van der Waals surface area contributed by atoms with Crippen molar-refractivity contribution in [2.75, 3.05) is 11.9 Å². The van der Waals surface area contributed by atoms with Crippen molar-refractivity contribution in [2.45, 2.75) is 24.8 Å². The average molecular weight is 286 g/mol. The zero-order valence-corrected chi connectivity index (χ0v) is 11.6. The summed E-state index contributed by atoms with van der Waals surface area (Å²) in [5.41, 5.74) is 2.28. The lowest BCUT2D eigenvalue weighted by molar-refractivity contribution is -0.140. The molecule has 3 atom stereocenters. The van der Waals surface area contributed by atoms with Crippen molar-refractivity contribution in [1.29, 1.82) is 0 Å². The fourth-order valence-electron chi connectivity index (χ4n) is 3.02. The number of aliphatic carboxylic acids is 1. The Morgan fingerprint density at radius 3 is 2.86 bits per heavy atom. The maximum atomic E-state index is 12.1. The normalized spacial score (nSPS) is 26.2. The number of carboxylic acid groups (broad SMARTS) is 1. The lowest BCUT2D eigenvalue weighted by Crippen LogP contribution is -2.34. The molecule has 1 aliphatic carbocycles. The molecular weight excluding hydrogens is 268 g/mol. The highest BCUT2D eigenvalue weighted by Gasteiger charge is 2.28. The first-order valence-electron chi connectivity index (χ1n) is 7.17. The van der Waals surface area contributed by atoms with Gasteiger partial charge in [0.25, 0.3) is 0 Å². The number of para-hydroxylation sites is 1. The second kappa shape index (κ2) is 5.60. The van der Waals surface area contributed by atoms with Crippen LogP contribution in [-0.4, -0.2) is 29.6 Å². The number of anilines is 1. The number of carboxylic acids is 1. The van der Waals surface area contributed by atoms with Gasteiger partial charge in [-0.2, -0.15) is 0 Å². The van der Waals surface area contributed by atoms with Crippen LogP contribution in [0.5, 0.6) is 0 Å². The predicted octanol–water partition coefficient (Wildman–Crippen LogP) is 1.73. The molecule has 1 aromatic rings. The third-order valence-corrected chi connectivity index (χ3v) is 4.12. The van der Waals surface area contributed by atoms with Crippen molar-refractivity contribution < 1.29 is 14.7 Å². The first-order valence-corrected chi connectivity index (χ1v) is 7.17. The molecule has 3 unspecified atom stereocenters. The maximum absolute atomic E-state index is 12.1. The number of carbonyl (C=O) groups is 2. The quantitative estimate of drug-likeness (QED) is 0.737. The standard InChI is InChI=1S/C16H18N2O3/c19-15(18-12-6-5-10(7-12)16(20)21)8-11-9-17-14-4-2-1-3-13(11)14/h1-6,10-12,17H,7-9H2,(H,18,19)(H,20,21). The highest BCUT2D eigenvalue weighted by Crippen LogP contribution is 2.33. The molecule has 3 N–H and O–H groups in total. The van der Waals surface area contributed by atoms with Crippen molar-refractivity contribution >= 4 is 17.6 Å². The zero-order valence-electron chi connectivity index (χ0n) is 11.6. The van der Waals surface area contributed by atoms with E-state index in [9.17, 15) is 9.59 Å². The average Bonchev–Trinajstić information content (AvgIpc) is 3.07. The van der Waals surface area contributed by atoms with Gasteiger partial charge in [0.05, 0.1) is 5.92 Å². The van der Waals surface area contributed by atoms with Crippen molar-refractivity contribution in [3.63, 3.8) is 0 Å². The molecule has 2 aliphatic rings. The van der Waals surface area contributed by atoms with E-state index >= 15 is 0 Å². The minimum Gasteiger partial charge on any atom is -0.481 e. The summed E-state index contributed by atoms with van der Waals surface area (Å²) >= 11 is 0. The van der Waals surface area contributed by atoms with Crippen LogP contribution in [0.15, 0.2) is 36.4 Å². The lowest BCUT2D eigenvalue weighted by atomic mass is 9.97. The number of carbonyl (C=O) groups excluding carboxylic acids is 1. The van der Waals surface area contributed by atoms with E-state index in [-0.39, 0.29) is 17.9 Å². The number of amides is 1. The lowest BCUT2D eigenvalue weighted by Gasteiger charge is -2.14. The van der Waals surface area contributed by atoms with Gasteiger partial charge in [0, 0.05) is 30.6 Å².